The fourth-order valence-electron chi connectivity index (χ4n) is 2.41. The summed E-state index contributed by atoms with van der Waals surface area (Å²) in [5, 5.41) is 0. The fourth-order valence-corrected chi connectivity index (χ4v) is 2.41. The average molecular weight is 100 g/mol. The van der Waals surface area contributed by atoms with Crippen LogP contribution in [0, 0.1) is 23.7 Å². The first kappa shape index (κ1) is 5.39. The molecule has 0 heterocycles. The molecule has 3 atom stereocenters. The summed E-state index contributed by atoms with van der Waals surface area (Å²) in [6, 6.07) is 0. The molecule has 0 aromatic heterocycles. The van der Waals surface area contributed by atoms with E-state index in [0.717, 1.165) is 0 Å². The minimum absolute atomic E-state index is 0. The van der Waals surface area contributed by atoms with E-state index in [1.54, 1.807) is 12.8 Å². The molecular formula is C7H9Li. The van der Waals surface area contributed by atoms with E-state index in [-0.39, 0.29) is 18.9 Å². The van der Waals surface area contributed by atoms with Crippen LogP contribution in [0.3, 0.4) is 0 Å². The van der Waals surface area contributed by atoms with E-state index in [0.29, 0.717) is 0 Å². The summed E-state index contributed by atoms with van der Waals surface area (Å²) < 4.78 is 0. The van der Waals surface area contributed by atoms with Gasteiger partial charge in [0.05, 0.1) is 0 Å². The Bertz CT molecular complexity index is 87.6. The monoisotopic (exact) mass is 100 g/mol. The zero-order chi connectivity index (χ0) is 4.43. The second-order valence-corrected chi connectivity index (χ2v) is 3.17. The Labute approximate surface area is 62.2 Å². The van der Waals surface area contributed by atoms with Gasteiger partial charge in [0.1, 0.15) is 0 Å². The molecule has 0 saturated heterocycles. The summed E-state index contributed by atoms with van der Waals surface area (Å²) in [7, 11) is 0. The maximum absolute atomic E-state index is 1.96. The molecule has 0 spiro atoms. The van der Waals surface area contributed by atoms with E-state index >= 15 is 0 Å². The second-order valence-electron chi connectivity index (χ2n) is 3.17. The van der Waals surface area contributed by atoms with E-state index in [2.05, 4.69) is 0 Å². The second kappa shape index (κ2) is 1.36. The van der Waals surface area contributed by atoms with Crippen LogP contribution < -0.4 is 18.9 Å². The van der Waals surface area contributed by atoms with Crippen molar-refractivity contribution in [3.63, 3.8) is 0 Å². The summed E-state index contributed by atoms with van der Waals surface area (Å²) >= 11 is 0. The molecule has 4 fully saturated rings. The Balaban J connectivity index is 0.000000270. The molecule has 4 saturated carbocycles. The van der Waals surface area contributed by atoms with Gasteiger partial charge in [-0.3, -0.25) is 0 Å². The van der Waals surface area contributed by atoms with E-state index in [1.807, 2.05) is 5.92 Å². The summed E-state index contributed by atoms with van der Waals surface area (Å²) in [5.74, 6) is 5.53. The van der Waals surface area contributed by atoms with Crippen LogP contribution in [0.15, 0.2) is 0 Å². The average Bonchev–Trinajstić information content (AvgIpc) is 2.53. The first-order valence-corrected chi connectivity index (χ1v) is 3.35. The molecular weight excluding hydrogens is 91.0 g/mol. The van der Waals surface area contributed by atoms with Gasteiger partial charge in [0, 0.05) is 0 Å². The molecule has 38 valence electrons. The Kier molecular flexibility index (Phi) is 0.915. The van der Waals surface area contributed by atoms with Gasteiger partial charge in [-0.15, -0.1) is 0 Å². The van der Waals surface area contributed by atoms with Crippen LogP contribution in [0.5, 0.6) is 0 Å². The van der Waals surface area contributed by atoms with Crippen LogP contribution in [0.25, 0.3) is 0 Å². The van der Waals surface area contributed by atoms with Gasteiger partial charge in [-0.05, 0) is 0 Å². The van der Waals surface area contributed by atoms with Gasteiger partial charge in [0.2, 0.25) is 0 Å². The zero-order valence-corrected chi connectivity index (χ0v) is 5.35. The third-order valence-corrected chi connectivity index (χ3v) is 2.92. The third kappa shape index (κ3) is 0.405. The number of hydrogen-bond acceptors (Lipinski definition) is 0. The Morgan fingerprint density at radius 2 is 1.62 bits per heavy atom. The Morgan fingerprint density at radius 1 is 1.12 bits per heavy atom. The molecule has 0 aromatic carbocycles. The molecule has 0 radical (unpaired) electrons. The van der Waals surface area contributed by atoms with Gasteiger partial charge >= 0.3 is 18.9 Å². The van der Waals surface area contributed by atoms with Crippen molar-refractivity contribution >= 4 is 0 Å². The molecule has 0 N–H and O–H groups in total. The van der Waals surface area contributed by atoms with Crippen molar-refractivity contribution in [1.29, 1.82) is 0 Å². The number of hydrogen-bond donors (Lipinski definition) is 0. The van der Waals surface area contributed by atoms with Crippen molar-refractivity contribution in [1.82, 2.24) is 0 Å². The maximum atomic E-state index is 1.96. The first-order chi connectivity index (χ1) is 3.48. The van der Waals surface area contributed by atoms with E-state index in [4.69, 9.17) is 0 Å². The topological polar surface area (TPSA) is 0 Å². The standard InChI is InChI=1S/C7H9.Li/c1-2-4-6-5(3-1)7(4)6;/h4-6H,1-3H2;/q-1;+1/t4-,5+,6?;. The van der Waals surface area contributed by atoms with Crippen LogP contribution >= 0.6 is 0 Å². The van der Waals surface area contributed by atoms with E-state index in [9.17, 15) is 0 Å². The van der Waals surface area contributed by atoms with Crippen molar-refractivity contribution < 1.29 is 18.9 Å². The molecule has 0 amide bonds. The molecule has 4 rings (SSSR count). The molecule has 8 heavy (non-hydrogen) atoms. The summed E-state index contributed by atoms with van der Waals surface area (Å²) in [6.45, 7) is 0. The smallest absolute Gasteiger partial charge is 0.313 e. The van der Waals surface area contributed by atoms with Gasteiger partial charge in [-0.25, -0.2) is 5.92 Å². The molecule has 4 aliphatic rings. The molecule has 1 unspecified atom stereocenters. The van der Waals surface area contributed by atoms with Crippen molar-refractivity contribution in [2.45, 2.75) is 19.3 Å². The van der Waals surface area contributed by atoms with Crippen molar-refractivity contribution in [2.75, 3.05) is 0 Å². The molecule has 2 bridgehead atoms. The molecule has 4 aliphatic carbocycles. The van der Waals surface area contributed by atoms with Gasteiger partial charge < -0.3 is 5.92 Å². The fraction of sp³-hybridized carbons (Fsp3) is 0.857. The Morgan fingerprint density at radius 3 is 1.88 bits per heavy atom. The predicted octanol–water partition coefficient (Wildman–Crippen LogP) is -1.38. The maximum Gasteiger partial charge on any atom is 1.00 e. The molecule has 0 nitrogen and oxygen atoms in total. The van der Waals surface area contributed by atoms with Crippen molar-refractivity contribution in [3.8, 4) is 0 Å². The van der Waals surface area contributed by atoms with Gasteiger partial charge in [-0.2, -0.15) is 11.8 Å². The van der Waals surface area contributed by atoms with Gasteiger partial charge in [0.15, 0.2) is 0 Å². The minimum Gasteiger partial charge on any atom is -0.313 e. The van der Waals surface area contributed by atoms with E-state index in [1.165, 1.54) is 24.2 Å². The summed E-state index contributed by atoms with van der Waals surface area (Å²) in [4.78, 5) is 0. The third-order valence-electron chi connectivity index (χ3n) is 2.92. The predicted molar refractivity (Wildman–Crippen MR) is 27.6 cm³/mol. The zero-order valence-electron chi connectivity index (χ0n) is 5.35. The summed E-state index contributed by atoms with van der Waals surface area (Å²) in [5.41, 5.74) is 0. The van der Waals surface area contributed by atoms with Gasteiger partial charge in [0.25, 0.3) is 0 Å². The van der Waals surface area contributed by atoms with Gasteiger partial charge in [-0.1, -0.05) is 19.3 Å². The van der Waals surface area contributed by atoms with Crippen LogP contribution in [0.4, 0.5) is 0 Å². The Hall–Kier alpha value is 0.597. The van der Waals surface area contributed by atoms with Crippen molar-refractivity contribution in [2.24, 2.45) is 17.8 Å². The number of rotatable bonds is 0. The molecule has 0 aliphatic heterocycles. The van der Waals surface area contributed by atoms with Crippen LogP contribution in [-0.2, 0) is 0 Å². The largest absolute Gasteiger partial charge is 1.00 e. The minimum atomic E-state index is 0. The van der Waals surface area contributed by atoms with E-state index < -0.39 is 0 Å². The van der Waals surface area contributed by atoms with Crippen LogP contribution in [0.1, 0.15) is 19.3 Å². The first-order valence-electron chi connectivity index (χ1n) is 3.35. The SMILES string of the molecule is C1C[C@@H]2[C-]3C2[C@H]3C1.[Li+]. The number of fused-ring (bicyclic) bond motifs is 2. The molecule has 1 heteroatoms. The van der Waals surface area contributed by atoms with Crippen LogP contribution in [0.2, 0.25) is 0 Å². The summed E-state index contributed by atoms with van der Waals surface area (Å²) in [6.07, 6.45) is 4.64. The molecule has 0 aromatic rings. The van der Waals surface area contributed by atoms with Crippen molar-refractivity contribution in [3.05, 3.63) is 5.92 Å². The van der Waals surface area contributed by atoms with Crippen LogP contribution in [-0.4, -0.2) is 0 Å². The quantitative estimate of drug-likeness (QED) is 0.260. The normalized spacial score (nSPS) is 56.2.